The maximum atomic E-state index is 11.0. The summed E-state index contributed by atoms with van der Waals surface area (Å²) in [5.74, 6) is 0.343. The summed E-state index contributed by atoms with van der Waals surface area (Å²) in [5.41, 5.74) is 0.602. The van der Waals surface area contributed by atoms with E-state index in [4.69, 9.17) is 16.0 Å². The monoisotopic (exact) mass is 237 g/mol. The SMILES string of the molecule is O=C(CCl)Nc1nccc(-c2ccco2)n1. The van der Waals surface area contributed by atoms with Gasteiger partial charge in [0.05, 0.1) is 6.26 Å². The third kappa shape index (κ3) is 2.38. The van der Waals surface area contributed by atoms with E-state index in [0.29, 0.717) is 11.5 Å². The van der Waals surface area contributed by atoms with Crippen LogP contribution in [-0.2, 0) is 4.79 Å². The molecule has 0 atom stereocenters. The van der Waals surface area contributed by atoms with Gasteiger partial charge in [-0.1, -0.05) is 0 Å². The molecule has 0 aliphatic heterocycles. The number of anilines is 1. The van der Waals surface area contributed by atoms with Gasteiger partial charge >= 0.3 is 0 Å². The lowest BCUT2D eigenvalue weighted by atomic mass is 10.3. The zero-order chi connectivity index (χ0) is 11.4. The summed E-state index contributed by atoms with van der Waals surface area (Å²) >= 11 is 5.36. The van der Waals surface area contributed by atoms with Crippen LogP contribution in [0.25, 0.3) is 11.5 Å². The van der Waals surface area contributed by atoms with Crippen LogP contribution in [0.1, 0.15) is 0 Å². The highest BCUT2D eigenvalue weighted by Gasteiger charge is 2.06. The van der Waals surface area contributed by atoms with Crippen molar-refractivity contribution >= 4 is 23.5 Å². The summed E-state index contributed by atoms with van der Waals surface area (Å²) in [4.78, 5) is 19.0. The van der Waals surface area contributed by atoms with Gasteiger partial charge in [0, 0.05) is 6.20 Å². The number of hydrogen-bond donors (Lipinski definition) is 1. The molecule has 0 spiro atoms. The molecule has 2 rings (SSSR count). The van der Waals surface area contributed by atoms with Gasteiger partial charge in [-0.15, -0.1) is 11.6 Å². The standard InChI is InChI=1S/C10H8ClN3O2/c11-6-9(15)14-10-12-4-3-7(13-10)8-2-1-5-16-8/h1-5H,6H2,(H,12,13,14,15). The number of halogens is 1. The first-order valence-electron chi connectivity index (χ1n) is 4.52. The minimum absolute atomic E-state index is 0.131. The number of nitrogens with one attached hydrogen (secondary N) is 1. The number of nitrogens with zero attached hydrogens (tertiary/aromatic N) is 2. The molecule has 0 bridgehead atoms. The van der Waals surface area contributed by atoms with E-state index < -0.39 is 0 Å². The van der Waals surface area contributed by atoms with Crippen LogP contribution in [0.5, 0.6) is 0 Å². The van der Waals surface area contributed by atoms with E-state index in [1.165, 1.54) is 6.20 Å². The van der Waals surface area contributed by atoms with Crippen LogP contribution in [0.4, 0.5) is 5.95 Å². The third-order valence-electron chi connectivity index (χ3n) is 1.80. The van der Waals surface area contributed by atoms with Gasteiger partial charge in [-0.25, -0.2) is 9.97 Å². The molecular weight excluding hydrogens is 230 g/mol. The van der Waals surface area contributed by atoms with Crippen LogP contribution in [0.2, 0.25) is 0 Å². The van der Waals surface area contributed by atoms with Crippen molar-refractivity contribution in [2.24, 2.45) is 0 Å². The van der Waals surface area contributed by atoms with Gasteiger partial charge in [0.15, 0.2) is 5.76 Å². The maximum absolute atomic E-state index is 11.0. The number of rotatable bonds is 3. The molecule has 5 nitrogen and oxygen atoms in total. The predicted molar refractivity (Wildman–Crippen MR) is 59.1 cm³/mol. The molecule has 0 unspecified atom stereocenters. The molecule has 0 saturated carbocycles. The number of hydrogen-bond acceptors (Lipinski definition) is 4. The van der Waals surface area contributed by atoms with Crippen molar-refractivity contribution < 1.29 is 9.21 Å². The Morgan fingerprint density at radius 2 is 2.38 bits per heavy atom. The Kier molecular flexibility index (Phi) is 3.16. The molecular formula is C10H8ClN3O2. The predicted octanol–water partition coefficient (Wildman–Crippen LogP) is 1.91. The highest BCUT2D eigenvalue weighted by molar-refractivity contribution is 6.28. The van der Waals surface area contributed by atoms with Crippen molar-refractivity contribution in [2.45, 2.75) is 0 Å². The zero-order valence-electron chi connectivity index (χ0n) is 8.18. The van der Waals surface area contributed by atoms with Crippen LogP contribution in [0.15, 0.2) is 35.1 Å². The fourth-order valence-corrected chi connectivity index (χ4v) is 1.21. The zero-order valence-corrected chi connectivity index (χ0v) is 8.94. The second-order valence-corrected chi connectivity index (χ2v) is 3.19. The van der Waals surface area contributed by atoms with Crippen LogP contribution < -0.4 is 5.32 Å². The first-order chi connectivity index (χ1) is 7.79. The Morgan fingerprint density at radius 3 is 3.06 bits per heavy atom. The molecule has 0 aromatic carbocycles. The van der Waals surface area contributed by atoms with Gasteiger partial charge in [0.2, 0.25) is 11.9 Å². The first kappa shape index (κ1) is 10.6. The first-order valence-corrected chi connectivity index (χ1v) is 5.06. The number of aromatic nitrogens is 2. The van der Waals surface area contributed by atoms with E-state index in [2.05, 4.69) is 15.3 Å². The van der Waals surface area contributed by atoms with Crippen LogP contribution >= 0.6 is 11.6 Å². The normalized spacial score (nSPS) is 10.1. The lowest BCUT2D eigenvalue weighted by molar-refractivity contribution is -0.114. The fourth-order valence-electron chi connectivity index (χ4n) is 1.14. The van der Waals surface area contributed by atoms with Gasteiger partial charge in [0.1, 0.15) is 11.6 Å². The summed E-state index contributed by atoms with van der Waals surface area (Å²) in [7, 11) is 0. The van der Waals surface area contributed by atoms with Crippen molar-refractivity contribution in [1.29, 1.82) is 0 Å². The van der Waals surface area contributed by atoms with E-state index in [-0.39, 0.29) is 17.7 Å². The Balaban J connectivity index is 2.23. The number of amides is 1. The van der Waals surface area contributed by atoms with Gasteiger partial charge in [-0.3, -0.25) is 10.1 Å². The third-order valence-corrected chi connectivity index (χ3v) is 2.04. The summed E-state index contributed by atoms with van der Waals surface area (Å²) in [6, 6.07) is 5.22. The number of carbonyl (C=O) groups is 1. The second-order valence-electron chi connectivity index (χ2n) is 2.92. The lowest BCUT2D eigenvalue weighted by Crippen LogP contribution is -2.14. The average molecular weight is 238 g/mol. The quantitative estimate of drug-likeness (QED) is 0.828. The van der Waals surface area contributed by atoms with Crippen LogP contribution in [-0.4, -0.2) is 21.8 Å². The Labute approximate surface area is 96.5 Å². The van der Waals surface area contributed by atoms with E-state index in [1.807, 2.05) is 0 Å². The molecule has 6 heteroatoms. The summed E-state index contributed by atoms with van der Waals surface area (Å²) in [6.45, 7) is 0. The average Bonchev–Trinajstić information content (AvgIpc) is 2.83. The fraction of sp³-hybridized carbons (Fsp3) is 0.100. The highest BCUT2D eigenvalue weighted by atomic mass is 35.5. The van der Waals surface area contributed by atoms with E-state index >= 15 is 0 Å². The van der Waals surface area contributed by atoms with E-state index in [0.717, 1.165) is 0 Å². The van der Waals surface area contributed by atoms with Crippen molar-refractivity contribution in [3.05, 3.63) is 30.7 Å². The van der Waals surface area contributed by atoms with Gasteiger partial charge in [-0.05, 0) is 18.2 Å². The number of alkyl halides is 1. The van der Waals surface area contributed by atoms with Crippen molar-refractivity contribution in [3.63, 3.8) is 0 Å². The number of furan rings is 1. The molecule has 0 fully saturated rings. The molecule has 0 aliphatic carbocycles. The van der Waals surface area contributed by atoms with E-state index in [1.54, 1.807) is 24.5 Å². The second kappa shape index (κ2) is 4.76. The molecule has 0 radical (unpaired) electrons. The molecule has 2 aromatic rings. The highest BCUT2D eigenvalue weighted by Crippen LogP contribution is 2.17. The maximum Gasteiger partial charge on any atom is 0.241 e. The van der Waals surface area contributed by atoms with Crippen LogP contribution in [0, 0.1) is 0 Å². The Hall–Kier alpha value is -1.88. The van der Waals surface area contributed by atoms with Gasteiger partial charge in [-0.2, -0.15) is 0 Å². The molecule has 0 saturated heterocycles. The van der Waals surface area contributed by atoms with Crippen molar-refractivity contribution in [2.75, 3.05) is 11.2 Å². The summed E-state index contributed by atoms with van der Waals surface area (Å²) in [5, 5.41) is 2.46. The van der Waals surface area contributed by atoms with Gasteiger partial charge < -0.3 is 4.42 Å². The number of carbonyl (C=O) groups excluding carboxylic acids is 1. The molecule has 0 aliphatic rings. The summed E-state index contributed by atoms with van der Waals surface area (Å²) < 4.78 is 5.18. The van der Waals surface area contributed by atoms with Crippen LogP contribution in [0.3, 0.4) is 0 Å². The molecule has 82 valence electrons. The Morgan fingerprint density at radius 1 is 1.50 bits per heavy atom. The molecule has 2 heterocycles. The minimum Gasteiger partial charge on any atom is -0.463 e. The van der Waals surface area contributed by atoms with Gasteiger partial charge in [0.25, 0.3) is 0 Å². The Bertz CT molecular complexity index is 485. The topological polar surface area (TPSA) is 68.0 Å². The molecule has 2 aromatic heterocycles. The van der Waals surface area contributed by atoms with Crippen molar-refractivity contribution in [3.8, 4) is 11.5 Å². The lowest BCUT2D eigenvalue weighted by Gasteiger charge is -2.01. The molecule has 1 amide bonds. The largest absolute Gasteiger partial charge is 0.463 e. The molecule has 16 heavy (non-hydrogen) atoms. The van der Waals surface area contributed by atoms with E-state index in [9.17, 15) is 4.79 Å². The summed E-state index contributed by atoms with van der Waals surface area (Å²) in [6.07, 6.45) is 3.09. The molecule has 1 N–H and O–H groups in total. The minimum atomic E-state index is -0.349. The van der Waals surface area contributed by atoms with Crippen molar-refractivity contribution in [1.82, 2.24) is 9.97 Å². The smallest absolute Gasteiger partial charge is 0.241 e.